The maximum Gasteiger partial charge on any atom is 0.0592 e. The highest BCUT2D eigenvalue weighted by Gasteiger charge is 2.17. The number of hydrogen-bond donors (Lipinski definition) is 1. The maximum absolute atomic E-state index is 3.24. The van der Waals surface area contributed by atoms with Crippen LogP contribution in [-0.4, -0.2) is 31.7 Å². The van der Waals surface area contributed by atoms with Gasteiger partial charge in [0.15, 0.2) is 0 Å². The summed E-state index contributed by atoms with van der Waals surface area (Å²) in [5, 5.41) is 3.24. The first-order chi connectivity index (χ1) is 3.84. The van der Waals surface area contributed by atoms with Gasteiger partial charge in [0.05, 0.1) is 6.17 Å². The number of rotatable bonds is 1. The molecule has 1 saturated heterocycles. The summed E-state index contributed by atoms with van der Waals surface area (Å²) in [6.45, 7) is 1.26. The van der Waals surface area contributed by atoms with Crippen molar-refractivity contribution in [3.63, 3.8) is 0 Å². The average molecular weight is 114 g/mol. The van der Waals surface area contributed by atoms with E-state index in [0.717, 1.165) is 0 Å². The molecule has 0 unspecified atom stereocenters. The van der Waals surface area contributed by atoms with E-state index >= 15 is 0 Å². The zero-order chi connectivity index (χ0) is 5.98. The van der Waals surface area contributed by atoms with Crippen molar-refractivity contribution in [1.82, 2.24) is 10.2 Å². The van der Waals surface area contributed by atoms with E-state index in [-0.39, 0.29) is 0 Å². The molecule has 1 heterocycles. The van der Waals surface area contributed by atoms with E-state index in [2.05, 4.69) is 17.3 Å². The minimum absolute atomic E-state index is 0.648. The topological polar surface area (TPSA) is 15.3 Å². The number of hydrogen-bond acceptors (Lipinski definition) is 2. The lowest BCUT2D eigenvalue weighted by Gasteiger charge is -2.17. The monoisotopic (exact) mass is 114 g/mol. The van der Waals surface area contributed by atoms with Crippen LogP contribution in [0.5, 0.6) is 0 Å². The summed E-state index contributed by atoms with van der Waals surface area (Å²) in [6, 6.07) is 0. The second-order valence-corrected chi connectivity index (χ2v) is 2.43. The second kappa shape index (κ2) is 2.46. The summed E-state index contributed by atoms with van der Waals surface area (Å²) in [5.74, 6) is 0. The Morgan fingerprint density at radius 2 is 2.38 bits per heavy atom. The molecule has 1 aliphatic rings. The lowest BCUT2D eigenvalue weighted by Crippen LogP contribution is -2.35. The fourth-order valence-corrected chi connectivity index (χ4v) is 1.27. The molecule has 48 valence electrons. The normalized spacial score (nSPS) is 31.5. The van der Waals surface area contributed by atoms with Gasteiger partial charge in [0.1, 0.15) is 0 Å². The van der Waals surface area contributed by atoms with Crippen LogP contribution < -0.4 is 5.32 Å². The zero-order valence-corrected chi connectivity index (χ0v) is 5.65. The molecule has 0 saturated carbocycles. The first-order valence-corrected chi connectivity index (χ1v) is 3.22. The van der Waals surface area contributed by atoms with Gasteiger partial charge in [0, 0.05) is 0 Å². The van der Waals surface area contributed by atoms with E-state index in [1.807, 2.05) is 7.05 Å². The molecular weight excluding hydrogens is 100 g/mol. The average Bonchev–Trinajstić information content (AvgIpc) is 2.14. The van der Waals surface area contributed by atoms with Crippen molar-refractivity contribution in [2.24, 2.45) is 0 Å². The molecular formula is C6H14N2. The molecule has 0 aromatic carbocycles. The molecule has 1 atom stereocenters. The molecule has 1 fully saturated rings. The SMILES string of the molecule is CN[C@@H]1CCCN1C. The molecule has 1 aliphatic heterocycles. The predicted molar refractivity (Wildman–Crippen MR) is 34.7 cm³/mol. The molecule has 8 heavy (non-hydrogen) atoms. The summed E-state index contributed by atoms with van der Waals surface area (Å²) < 4.78 is 0. The van der Waals surface area contributed by atoms with E-state index in [4.69, 9.17) is 0 Å². The van der Waals surface area contributed by atoms with Crippen LogP contribution in [0.4, 0.5) is 0 Å². The molecule has 2 heteroatoms. The van der Waals surface area contributed by atoms with E-state index in [0.29, 0.717) is 6.17 Å². The fourth-order valence-electron chi connectivity index (χ4n) is 1.27. The molecule has 0 amide bonds. The van der Waals surface area contributed by atoms with Gasteiger partial charge in [-0.25, -0.2) is 0 Å². The van der Waals surface area contributed by atoms with Gasteiger partial charge in [-0.3, -0.25) is 4.90 Å². The Labute approximate surface area is 50.9 Å². The molecule has 0 radical (unpaired) electrons. The van der Waals surface area contributed by atoms with Crippen LogP contribution in [-0.2, 0) is 0 Å². The zero-order valence-electron chi connectivity index (χ0n) is 5.65. The van der Waals surface area contributed by atoms with Gasteiger partial charge in [0.25, 0.3) is 0 Å². The van der Waals surface area contributed by atoms with Gasteiger partial charge in [-0.2, -0.15) is 0 Å². The highest BCUT2D eigenvalue weighted by Crippen LogP contribution is 2.10. The van der Waals surface area contributed by atoms with Crippen LogP contribution in [0, 0.1) is 0 Å². The Morgan fingerprint density at radius 3 is 2.62 bits per heavy atom. The Morgan fingerprint density at radius 1 is 1.62 bits per heavy atom. The summed E-state index contributed by atoms with van der Waals surface area (Å²) in [6.07, 6.45) is 3.31. The molecule has 2 nitrogen and oxygen atoms in total. The van der Waals surface area contributed by atoms with Crippen LogP contribution >= 0.6 is 0 Å². The summed E-state index contributed by atoms with van der Waals surface area (Å²) in [7, 11) is 4.18. The highest BCUT2D eigenvalue weighted by atomic mass is 15.3. The van der Waals surface area contributed by atoms with Crippen LogP contribution in [0.15, 0.2) is 0 Å². The molecule has 1 rings (SSSR count). The third kappa shape index (κ3) is 1.01. The number of likely N-dealkylation sites (tertiary alicyclic amines) is 1. The van der Waals surface area contributed by atoms with Gasteiger partial charge in [0.2, 0.25) is 0 Å². The fraction of sp³-hybridized carbons (Fsp3) is 1.00. The summed E-state index contributed by atoms with van der Waals surface area (Å²) in [4.78, 5) is 2.35. The molecule has 1 N–H and O–H groups in total. The highest BCUT2D eigenvalue weighted by molar-refractivity contribution is 4.71. The van der Waals surface area contributed by atoms with E-state index in [9.17, 15) is 0 Å². The Bertz CT molecular complexity index is 72.9. The van der Waals surface area contributed by atoms with Gasteiger partial charge < -0.3 is 5.32 Å². The van der Waals surface area contributed by atoms with E-state index in [1.54, 1.807) is 0 Å². The molecule has 0 aromatic rings. The second-order valence-electron chi connectivity index (χ2n) is 2.43. The van der Waals surface area contributed by atoms with Crippen molar-refractivity contribution in [2.75, 3.05) is 20.6 Å². The van der Waals surface area contributed by atoms with Crippen molar-refractivity contribution in [3.05, 3.63) is 0 Å². The lowest BCUT2D eigenvalue weighted by atomic mass is 10.3. The first-order valence-electron chi connectivity index (χ1n) is 3.22. The van der Waals surface area contributed by atoms with E-state index < -0.39 is 0 Å². The molecule has 0 aromatic heterocycles. The van der Waals surface area contributed by atoms with Crippen molar-refractivity contribution in [2.45, 2.75) is 19.0 Å². The quantitative estimate of drug-likeness (QED) is 0.526. The van der Waals surface area contributed by atoms with Gasteiger partial charge >= 0.3 is 0 Å². The Kier molecular flexibility index (Phi) is 1.86. The summed E-state index contributed by atoms with van der Waals surface area (Å²) in [5.41, 5.74) is 0. The summed E-state index contributed by atoms with van der Waals surface area (Å²) >= 11 is 0. The van der Waals surface area contributed by atoms with E-state index in [1.165, 1.54) is 19.4 Å². The third-order valence-corrected chi connectivity index (χ3v) is 1.85. The number of nitrogens with one attached hydrogen (secondary N) is 1. The van der Waals surface area contributed by atoms with Crippen molar-refractivity contribution < 1.29 is 0 Å². The van der Waals surface area contributed by atoms with Crippen molar-refractivity contribution >= 4 is 0 Å². The standard InChI is InChI=1S/C6H14N2/c1-7-6-4-3-5-8(6)2/h6-7H,3-5H2,1-2H3/t6-/m0/s1. The van der Waals surface area contributed by atoms with Gasteiger partial charge in [-0.05, 0) is 33.5 Å². The lowest BCUT2D eigenvalue weighted by molar-refractivity contribution is 0.279. The third-order valence-electron chi connectivity index (χ3n) is 1.85. The largest absolute Gasteiger partial charge is 0.305 e. The van der Waals surface area contributed by atoms with Crippen molar-refractivity contribution in [3.8, 4) is 0 Å². The maximum atomic E-state index is 3.24. The van der Waals surface area contributed by atoms with Crippen LogP contribution in [0.2, 0.25) is 0 Å². The van der Waals surface area contributed by atoms with Crippen LogP contribution in [0.25, 0.3) is 0 Å². The Balaban J connectivity index is 2.30. The molecule has 0 bridgehead atoms. The predicted octanol–water partition coefficient (Wildman–Crippen LogP) is 0.257. The Hall–Kier alpha value is -0.0800. The van der Waals surface area contributed by atoms with Crippen molar-refractivity contribution in [1.29, 1.82) is 0 Å². The molecule has 0 spiro atoms. The van der Waals surface area contributed by atoms with Crippen LogP contribution in [0.1, 0.15) is 12.8 Å². The number of nitrogens with zero attached hydrogens (tertiary/aromatic N) is 1. The van der Waals surface area contributed by atoms with Gasteiger partial charge in [-0.1, -0.05) is 0 Å². The minimum Gasteiger partial charge on any atom is -0.305 e. The first kappa shape index (κ1) is 6.05. The molecule has 0 aliphatic carbocycles. The van der Waals surface area contributed by atoms with Crippen LogP contribution in [0.3, 0.4) is 0 Å². The smallest absolute Gasteiger partial charge is 0.0592 e. The van der Waals surface area contributed by atoms with Gasteiger partial charge in [-0.15, -0.1) is 0 Å². The minimum atomic E-state index is 0.648.